The molecule has 0 saturated heterocycles. The molecule has 0 heterocycles. The lowest BCUT2D eigenvalue weighted by molar-refractivity contribution is -0.125. The molecule has 0 radical (unpaired) electrons. The first kappa shape index (κ1) is 37.9. The summed E-state index contributed by atoms with van der Waals surface area (Å²) in [5, 5.41) is 6.18. The minimum Gasteiger partial charge on any atom is -0.497 e. The molecule has 1 aromatic rings. The Bertz CT molecular complexity index is 783. The number of rotatable bonds is 28. The quantitative estimate of drug-likeness (QED) is 0.0958. The zero-order chi connectivity index (χ0) is 30.7. The lowest BCUT2D eigenvalue weighted by Crippen LogP contribution is -2.43. The van der Waals surface area contributed by atoms with Crippen molar-refractivity contribution in [2.24, 2.45) is 0 Å². The number of ether oxygens (including phenoxy) is 2. The smallest absolute Gasteiger partial charge is 0.222 e. The molecule has 42 heavy (non-hydrogen) atoms. The van der Waals surface area contributed by atoms with Gasteiger partial charge in [0.05, 0.1) is 26.2 Å². The van der Waals surface area contributed by atoms with E-state index in [4.69, 9.17) is 9.47 Å². The molecule has 2 amide bonds. The molecule has 0 spiro atoms. The normalized spacial score (nSPS) is 12.6. The molecular formula is C36H64N2O4. The van der Waals surface area contributed by atoms with Crippen molar-refractivity contribution in [2.75, 3.05) is 13.7 Å². The van der Waals surface area contributed by atoms with E-state index in [0.29, 0.717) is 26.0 Å². The van der Waals surface area contributed by atoms with E-state index < -0.39 is 0 Å². The van der Waals surface area contributed by atoms with Crippen molar-refractivity contribution < 1.29 is 19.1 Å². The lowest BCUT2D eigenvalue weighted by Gasteiger charge is -2.20. The van der Waals surface area contributed by atoms with Gasteiger partial charge in [-0.15, -0.1) is 0 Å². The Morgan fingerprint density at radius 2 is 1.26 bits per heavy atom. The first-order valence-electron chi connectivity index (χ1n) is 17.3. The van der Waals surface area contributed by atoms with Crippen LogP contribution in [0.5, 0.6) is 5.75 Å². The van der Waals surface area contributed by atoms with Crippen LogP contribution < -0.4 is 15.4 Å². The SMILES string of the molecule is CCCCCCCCCCCCCC(=O)N[C@@H](CC)CNC(=O)C[C@@H](CCCCCCC)OCc1ccc(OC)cc1. The average molecular weight is 589 g/mol. The number of nitrogens with one attached hydrogen (secondary N) is 2. The first-order chi connectivity index (χ1) is 20.5. The largest absolute Gasteiger partial charge is 0.497 e. The third-order valence-electron chi connectivity index (χ3n) is 8.10. The second-order valence-corrected chi connectivity index (χ2v) is 12.0. The monoisotopic (exact) mass is 588 g/mol. The van der Waals surface area contributed by atoms with Crippen LogP contribution in [0.4, 0.5) is 0 Å². The van der Waals surface area contributed by atoms with E-state index in [1.807, 2.05) is 24.3 Å². The van der Waals surface area contributed by atoms with E-state index in [0.717, 1.165) is 43.4 Å². The number of benzene rings is 1. The molecular weight excluding hydrogens is 524 g/mol. The van der Waals surface area contributed by atoms with Crippen LogP contribution in [-0.4, -0.2) is 37.6 Å². The third-order valence-corrected chi connectivity index (χ3v) is 8.10. The number of carbonyl (C=O) groups is 2. The molecule has 1 aromatic carbocycles. The molecule has 0 unspecified atom stereocenters. The summed E-state index contributed by atoms with van der Waals surface area (Å²) in [6.45, 7) is 7.47. The second-order valence-electron chi connectivity index (χ2n) is 12.0. The Balaban J connectivity index is 2.32. The van der Waals surface area contributed by atoms with Gasteiger partial charge in [-0.1, -0.05) is 129 Å². The van der Waals surface area contributed by atoms with Crippen molar-refractivity contribution >= 4 is 11.8 Å². The molecule has 0 bridgehead atoms. The van der Waals surface area contributed by atoms with Gasteiger partial charge in [0.1, 0.15) is 5.75 Å². The summed E-state index contributed by atoms with van der Waals surface area (Å²) in [7, 11) is 1.66. The predicted molar refractivity (Wildman–Crippen MR) is 176 cm³/mol. The van der Waals surface area contributed by atoms with Gasteiger partial charge in [-0.05, 0) is 37.0 Å². The van der Waals surface area contributed by atoms with Crippen LogP contribution in [0, 0.1) is 0 Å². The van der Waals surface area contributed by atoms with Gasteiger partial charge in [-0.25, -0.2) is 0 Å². The van der Waals surface area contributed by atoms with Gasteiger partial charge in [0.25, 0.3) is 0 Å². The fourth-order valence-electron chi connectivity index (χ4n) is 5.22. The highest BCUT2D eigenvalue weighted by molar-refractivity contribution is 5.77. The van der Waals surface area contributed by atoms with E-state index in [2.05, 4.69) is 31.4 Å². The zero-order valence-corrected chi connectivity index (χ0v) is 27.7. The number of methoxy groups -OCH3 is 1. The number of amides is 2. The van der Waals surface area contributed by atoms with Crippen molar-refractivity contribution in [3.63, 3.8) is 0 Å². The predicted octanol–water partition coefficient (Wildman–Crippen LogP) is 9.04. The molecule has 242 valence electrons. The van der Waals surface area contributed by atoms with Gasteiger partial charge < -0.3 is 20.1 Å². The van der Waals surface area contributed by atoms with Crippen molar-refractivity contribution in [3.05, 3.63) is 29.8 Å². The van der Waals surface area contributed by atoms with Crippen molar-refractivity contribution in [1.82, 2.24) is 10.6 Å². The van der Waals surface area contributed by atoms with Crippen molar-refractivity contribution in [1.29, 1.82) is 0 Å². The Labute approximate surface area is 258 Å². The highest BCUT2D eigenvalue weighted by atomic mass is 16.5. The Hall–Kier alpha value is -2.08. The fourth-order valence-corrected chi connectivity index (χ4v) is 5.22. The van der Waals surface area contributed by atoms with Gasteiger partial charge in [-0.3, -0.25) is 9.59 Å². The molecule has 2 atom stereocenters. The molecule has 0 fully saturated rings. The summed E-state index contributed by atoms with van der Waals surface area (Å²) >= 11 is 0. The van der Waals surface area contributed by atoms with Crippen LogP contribution in [-0.2, 0) is 20.9 Å². The number of carbonyl (C=O) groups excluding carboxylic acids is 2. The first-order valence-corrected chi connectivity index (χ1v) is 17.3. The van der Waals surface area contributed by atoms with Crippen LogP contribution in [0.15, 0.2) is 24.3 Å². The molecule has 2 N–H and O–H groups in total. The van der Waals surface area contributed by atoms with Gasteiger partial charge >= 0.3 is 0 Å². The summed E-state index contributed by atoms with van der Waals surface area (Å²) in [4.78, 5) is 25.4. The number of unbranched alkanes of at least 4 members (excludes halogenated alkanes) is 14. The van der Waals surface area contributed by atoms with E-state index in [9.17, 15) is 9.59 Å². The maximum absolute atomic E-state index is 12.9. The summed E-state index contributed by atoms with van der Waals surface area (Å²) in [5.41, 5.74) is 1.07. The van der Waals surface area contributed by atoms with Crippen LogP contribution in [0.3, 0.4) is 0 Å². The van der Waals surface area contributed by atoms with Gasteiger partial charge in [0, 0.05) is 19.0 Å². The maximum atomic E-state index is 12.9. The van der Waals surface area contributed by atoms with E-state index in [1.165, 1.54) is 83.5 Å². The third kappa shape index (κ3) is 20.7. The Morgan fingerprint density at radius 3 is 1.81 bits per heavy atom. The Morgan fingerprint density at radius 1 is 0.714 bits per heavy atom. The second kappa shape index (κ2) is 26.5. The fraction of sp³-hybridized carbons (Fsp3) is 0.778. The summed E-state index contributed by atoms with van der Waals surface area (Å²) in [6.07, 6.45) is 22.4. The van der Waals surface area contributed by atoms with E-state index >= 15 is 0 Å². The molecule has 0 aliphatic carbocycles. The van der Waals surface area contributed by atoms with Gasteiger partial charge in [-0.2, -0.15) is 0 Å². The minimum atomic E-state index is -0.121. The average Bonchev–Trinajstić information content (AvgIpc) is 3.00. The summed E-state index contributed by atoms with van der Waals surface area (Å²) < 4.78 is 11.5. The molecule has 1 rings (SSSR count). The molecule has 6 heteroatoms. The van der Waals surface area contributed by atoms with Crippen LogP contribution in [0.1, 0.15) is 155 Å². The molecule has 0 aliphatic rings. The molecule has 6 nitrogen and oxygen atoms in total. The van der Waals surface area contributed by atoms with Crippen molar-refractivity contribution in [3.8, 4) is 5.75 Å². The van der Waals surface area contributed by atoms with Crippen molar-refractivity contribution in [2.45, 2.75) is 168 Å². The summed E-state index contributed by atoms with van der Waals surface area (Å²) in [5.74, 6) is 0.906. The minimum absolute atomic E-state index is 0.0126. The highest BCUT2D eigenvalue weighted by Gasteiger charge is 2.17. The van der Waals surface area contributed by atoms with E-state index in [-0.39, 0.29) is 24.0 Å². The standard InChI is InChI=1S/C36H64N2O4/c1-5-8-10-12-13-14-15-16-17-19-21-23-35(39)38-32(7-3)29-37-36(40)28-34(22-20-18-11-9-6-2)42-30-31-24-26-33(41-4)27-25-31/h24-27,32,34H,5-23,28-30H2,1-4H3,(H,37,40)(H,38,39)/t32-,34+/m0/s1. The number of hydrogen-bond acceptors (Lipinski definition) is 4. The van der Waals surface area contributed by atoms with Crippen LogP contribution in [0.25, 0.3) is 0 Å². The van der Waals surface area contributed by atoms with Crippen LogP contribution >= 0.6 is 0 Å². The summed E-state index contributed by atoms with van der Waals surface area (Å²) in [6, 6.07) is 7.83. The molecule has 0 saturated carbocycles. The zero-order valence-electron chi connectivity index (χ0n) is 27.7. The number of hydrogen-bond donors (Lipinski definition) is 2. The lowest BCUT2D eigenvalue weighted by atomic mass is 10.0. The van der Waals surface area contributed by atoms with Gasteiger partial charge in [0.2, 0.25) is 11.8 Å². The molecule has 0 aliphatic heterocycles. The van der Waals surface area contributed by atoms with Gasteiger partial charge in [0.15, 0.2) is 0 Å². The topological polar surface area (TPSA) is 76.7 Å². The van der Waals surface area contributed by atoms with Crippen LogP contribution in [0.2, 0.25) is 0 Å². The van der Waals surface area contributed by atoms with E-state index in [1.54, 1.807) is 7.11 Å². The Kier molecular flexibility index (Phi) is 24.0. The highest BCUT2D eigenvalue weighted by Crippen LogP contribution is 2.17. The maximum Gasteiger partial charge on any atom is 0.222 e. The molecule has 0 aromatic heterocycles.